The van der Waals surface area contributed by atoms with Gasteiger partial charge in [0.15, 0.2) is 0 Å². The molecule has 0 unspecified atom stereocenters. The Morgan fingerprint density at radius 1 is 1.00 bits per heavy atom. The minimum Gasteiger partial charge on any atom is -0.444 e. The standard InChI is InChI=1S/C24H30N2O2/c1-15-7-10-19(11-8-15)25-21-12-9-18-13-16(2)17(3)14-20(18)22(21)26-23(27)28-24(4,5)6/h7-14,21-22,25H,1-6H3,(H,26,27)/t21-,22-/m0/s1. The lowest BCUT2D eigenvalue weighted by atomic mass is 9.86. The molecule has 148 valence electrons. The predicted molar refractivity (Wildman–Crippen MR) is 116 cm³/mol. The molecular formula is C24H30N2O2. The van der Waals surface area contributed by atoms with Gasteiger partial charge in [-0.25, -0.2) is 4.79 Å². The van der Waals surface area contributed by atoms with E-state index in [-0.39, 0.29) is 12.1 Å². The van der Waals surface area contributed by atoms with E-state index in [1.807, 2.05) is 20.8 Å². The van der Waals surface area contributed by atoms with Crippen molar-refractivity contribution in [3.05, 3.63) is 70.3 Å². The predicted octanol–water partition coefficient (Wildman–Crippen LogP) is 5.69. The van der Waals surface area contributed by atoms with Crippen molar-refractivity contribution < 1.29 is 9.53 Å². The van der Waals surface area contributed by atoms with Crippen molar-refractivity contribution in [2.45, 2.75) is 59.2 Å². The minimum absolute atomic E-state index is 0.0789. The van der Waals surface area contributed by atoms with Gasteiger partial charge >= 0.3 is 6.09 Å². The Bertz CT molecular complexity index is 892. The first-order chi connectivity index (χ1) is 13.1. The van der Waals surface area contributed by atoms with Gasteiger partial charge in [0.05, 0.1) is 12.1 Å². The van der Waals surface area contributed by atoms with Crippen molar-refractivity contribution in [2.24, 2.45) is 0 Å². The molecule has 2 atom stereocenters. The number of amides is 1. The van der Waals surface area contributed by atoms with Crippen molar-refractivity contribution in [1.82, 2.24) is 5.32 Å². The molecule has 4 nitrogen and oxygen atoms in total. The third-order valence-electron chi connectivity index (χ3n) is 4.93. The van der Waals surface area contributed by atoms with Gasteiger partial charge in [-0.2, -0.15) is 0 Å². The molecule has 28 heavy (non-hydrogen) atoms. The van der Waals surface area contributed by atoms with Crippen molar-refractivity contribution >= 4 is 17.9 Å². The van der Waals surface area contributed by atoms with Gasteiger partial charge in [-0.15, -0.1) is 0 Å². The first-order valence-electron chi connectivity index (χ1n) is 9.74. The highest BCUT2D eigenvalue weighted by Gasteiger charge is 2.30. The zero-order chi connectivity index (χ0) is 20.5. The molecule has 0 aliphatic heterocycles. The van der Waals surface area contributed by atoms with Crippen LogP contribution >= 0.6 is 0 Å². The number of hydrogen-bond acceptors (Lipinski definition) is 3. The maximum atomic E-state index is 12.5. The van der Waals surface area contributed by atoms with E-state index in [1.54, 1.807) is 0 Å². The second-order valence-electron chi connectivity index (χ2n) is 8.58. The summed E-state index contributed by atoms with van der Waals surface area (Å²) in [6, 6.07) is 12.3. The van der Waals surface area contributed by atoms with Crippen LogP contribution in [0, 0.1) is 20.8 Å². The summed E-state index contributed by atoms with van der Waals surface area (Å²) in [7, 11) is 0. The fraction of sp³-hybridized carbons (Fsp3) is 0.375. The van der Waals surface area contributed by atoms with E-state index < -0.39 is 11.7 Å². The van der Waals surface area contributed by atoms with Gasteiger partial charge in [0, 0.05) is 5.69 Å². The Kier molecular flexibility index (Phi) is 5.50. The average molecular weight is 379 g/mol. The highest BCUT2D eigenvalue weighted by atomic mass is 16.6. The van der Waals surface area contributed by atoms with Crippen LogP contribution < -0.4 is 10.6 Å². The van der Waals surface area contributed by atoms with Gasteiger partial charge in [0.25, 0.3) is 0 Å². The van der Waals surface area contributed by atoms with Crippen LogP contribution in [0.4, 0.5) is 10.5 Å². The normalized spacial score (nSPS) is 18.4. The first-order valence-corrected chi connectivity index (χ1v) is 9.74. The summed E-state index contributed by atoms with van der Waals surface area (Å²) in [5, 5.41) is 6.63. The molecule has 0 saturated heterocycles. The van der Waals surface area contributed by atoms with E-state index in [1.165, 1.54) is 16.7 Å². The summed E-state index contributed by atoms with van der Waals surface area (Å²) in [4.78, 5) is 12.5. The molecular weight excluding hydrogens is 348 g/mol. The number of ether oxygens (including phenoxy) is 1. The van der Waals surface area contributed by atoms with E-state index >= 15 is 0 Å². The molecule has 0 saturated carbocycles. The molecule has 0 heterocycles. The largest absolute Gasteiger partial charge is 0.444 e. The number of carbonyl (C=O) groups excluding carboxylic acids is 1. The fourth-order valence-corrected chi connectivity index (χ4v) is 3.36. The van der Waals surface area contributed by atoms with Crippen molar-refractivity contribution in [3.63, 3.8) is 0 Å². The zero-order valence-corrected chi connectivity index (χ0v) is 17.6. The van der Waals surface area contributed by atoms with Crippen LogP contribution in [0.5, 0.6) is 0 Å². The molecule has 2 aromatic carbocycles. The summed E-state index contributed by atoms with van der Waals surface area (Å²) in [6.45, 7) is 11.9. The Labute approximate surface area is 168 Å². The average Bonchev–Trinajstić information content (AvgIpc) is 2.59. The smallest absolute Gasteiger partial charge is 0.408 e. The molecule has 0 aromatic heterocycles. The van der Waals surface area contributed by atoms with Crippen LogP contribution in [0.1, 0.15) is 54.6 Å². The van der Waals surface area contributed by atoms with Crippen molar-refractivity contribution in [1.29, 1.82) is 0 Å². The third-order valence-corrected chi connectivity index (χ3v) is 4.93. The molecule has 2 N–H and O–H groups in total. The fourth-order valence-electron chi connectivity index (χ4n) is 3.36. The molecule has 1 aliphatic rings. The van der Waals surface area contributed by atoms with Crippen LogP contribution in [0.2, 0.25) is 0 Å². The molecule has 1 amide bonds. The van der Waals surface area contributed by atoms with Crippen molar-refractivity contribution in [3.8, 4) is 0 Å². The molecule has 2 aromatic rings. The minimum atomic E-state index is -0.541. The van der Waals surface area contributed by atoms with E-state index in [9.17, 15) is 4.79 Å². The third kappa shape index (κ3) is 4.75. The summed E-state index contributed by atoms with van der Waals surface area (Å²) in [5.74, 6) is 0. The number of hydrogen-bond donors (Lipinski definition) is 2. The Morgan fingerprint density at radius 3 is 2.29 bits per heavy atom. The summed E-state index contributed by atoms with van der Waals surface area (Å²) >= 11 is 0. The first kappa shape index (κ1) is 20.0. The number of alkyl carbamates (subject to hydrolysis) is 1. The zero-order valence-electron chi connectivity index (χ0n) is 17.6. The van der Waals surface area contributed by atoms with Crippen LogP contribution in [-0.2, 0) is 4.74 Å². The number of aryl methyl sites for hydroxylation is 3. The van der Waals surface area contributed by atoms with Gasteiger partial charge in [0.1, 0.15) is 5.60 Å². The second kappa shape index (κ2) is 7.70. The lowest BCUT2D eigenvalue weighted by Crippen LogP contribution is -2.43. The van der Waals surface area contributed by atoms with E-state index in [2.05, 4.69) is 80.0 Å². The second-order valence-corrected chi connectivity index (χ2v) is 8.58. The number of rotatable bonds is 3. The quantitative estimate of drug-likeness (QED) is 0.722. The molecule has 0 bridgehead atoms. The molecule has 0 fully saturated rings. The Morgan fingerprint density at radius 2 is 1.64 bits per heavy atom. The van der Waals surface area contributed by atoms with Gasteiger partial charge in [-0.05, 0) is 75.9 Å². The van der Waals surface area contributed by atoms with Gasteiger partial charge in [-0.3, -0.25) is 0 Å². The number of carbonyl (C=O) groups is 1. The molecule has 4 heteroatoms. The topological polar surface area (TPSA) is 50.4 Å². The SMILES string of the molecule is Cc1ccc(N[C@H]2C=Cc3cc(C)c(C)cc3[C@@H]2NC(=O)OC(C)(C)C)cc1. The Hall–Kier alpha value is -2.75. The number of benzene rings is 2. The summed E-state index contributed by atoms with van der Waals surface area (Å²) in [6.07, 6.45) is 3.83. The highest BCUT2D eigenvalue weighted by Crippen LogP contribution is 2.32. The number of nitrogens with one attached hydrogen (secondary N) is 2. The Balaban J connectivity index is 1.92. The van der Waals surface area contributed by atoms with Crippen LogP contribution in [0.15, 0.2) is 42.5 Å². The van der Waals surface area contributed by atoms with Crippen LogP contribution in [0.3, 0.4) is 0 Å². The van der Waals surface area contributed by atoms with E-state index in [0.29, 0.717) is 0 Å². The summed E-state index contributed by atoms with van der Waals surface area (Å²) in [5.41, 5.74) is 6.37. The van der Waals surface area contributed by atoms with Crippen LogP contribution in [0.25, 0.3) is 6.08 Å². The van der Waals surface area contributed by atoms with Crippen molar-refractivity contribution in [2.75, 3.05) is 5.32 Å². The molecule has 3 rings (SSSR count). The van der Waals surface area contributed by atoms with Crippen LogP contribution in [-0.4, -0.2) is 17.7 Å². The monoisotopic (exact) mass is 378 g/mol. The van der Waals surface area contributed by atoms with Gasteiger partial charge in [0.2, 0.25) is 0 Å². The lowest BCUT2D eigenvalue weighted by Gasteiger charge is -2.33. The summed E-state index contributed by atoms with van der Waals surface area (Å²) < 4.78 is 5.52. The maximum absolute atomic E-state index is 12.5. The maximum Gasteiger partial charge on any atom is 0.408 e. The van der Waals surface area contributed by atoms with E-state index in [0.717, 1.165) is 16.8 Å². The lowest BCUT2D eigenvalue weighted by molar-refractivity contribution is 0.0501. The van der Waals surface area contributed by atoms with Gasteiger partial charge < -0.3 is 15.4 Å². The molecule has 0 radical (unpaired) electrons. The number of fused-ring (bicyclic) bond motifs is 1. The van der Waals surface area contributed by atoms with E-state index in [4.69, 9.17) is 4.74 Å². The van der Waals surface area contributed by atoms with Gasteiger partial charge in [-0.1, -0.05) is 42.0 Å². The highest BCUT2D eigenvalue weighted by molar-refractivity contribution is 5.71. The number of anilines is 1. The molecule has 0 spiro atoms. The molecule has 1 aliphatic carbocycles.